The van der Waals surface area contributed by atoms with E-state index in [1.165, 1.54) is 20.8 Å². The number of rotatable bonds is 9. The number of nitrogens with two attached hydrogens (primary N) is 1. The Bertz CT molecular complexity index is 1260. The van der Waals surface area contributed by atoms with Gasteiger partial charge in [0.1, 0.15) is 23.8 Å². The highest BCUT2D eigenvalue weighted by atomic mass is 19.4. The van der Waals surface area contributed by atoms with Gasteiger partial charge in [-0.3, -0.25) is 9.89 Å². The molecule has 1 atom stereocenters. The molecule has 0 radical (unpaired) electrons. The molecule has 16 heteroatoms. The topological polar surface area (TPSA) is 125 Å². The number of aryl methyl sites for hydroxylation is 1. The van der Waals surface area contributed by atoms with Gasteiger partial charge < -0.3 is 20.9 Å². The van der Waals surface area contributed by atoms with Crippen LogP contribution in [0.2, 0.25) is 0 Å². The Balaban J connectivity index is 2.68. The molecule has 0 aliphatic rings. The van der Waals surface area contributed by atoms with Gasteiger partial charge in [-0.15, -0.1) is 0 Å². The summed E-state index contributed by atoms with van der Waals surface area (Å²) in [5.41, 5.74) is 0.944. The van der Waals surface area contributed by atoms with Gasteiger partial charge >= 0.3 is 18.4 Å². The number of likely N-dealkylation sites (N-methyl/N-ethyl adjacent to an activating group) is 1. The molecule has 1 aromatic carbocycles. The number of hydrogen-bond acceptors (Lipinski definition) is 6. The molecule has 220 valence electrons. The third-order valence-electron chi connectivity index (χ3n) is 5.19. The lowest BCUT2D eigenvalue weighted by Crippen LogP contribution is -2.40. The molecule has 40 heavy (non-hydrogen) atoms. The fraction of sp³-hybridized carbons (Fsp3) is 0.417. The Hall–Kier alpha value is -3.79. The number of alkyl halides is 6. The predicted octanol–water partition coefficient (Wildman–Crippen LogP) is 4.29. The van der Waals surface area contributed by atoms with Crippen LogP contribution in [0.1, 0.15) is 36.2 Å². The number of aliphatic hydroxyl groups excluding tert-OH is 1. The van der Waals surface area contributed by atoms with Gasteiger partial charge in [0.25, 0.3) is 0 Å². The molecule has 2 rings (SSSR count). The first-order chi connectivity index (χ1) is 18.5. The number of nitrogens with zero attached hydrogens (tertiary/aromatic N) is 4. The Kier molecular flexibility index (Phi) is 10.6. The molecule has 1 heterocycles. The standard InChI is InChI=1S/C24H27F7N6O3/c1-12(2)37(19-6-5-18(25)13(3)36-19)22(39)40-20-16(21(32)35-11-34-10-15(38)9-33-4)7-14(23(26,27)28)8-17(20)24(29,30)31/h5-8,11-12,15,33,38H,9-10H2,1-4H3,(H2,32,34,35). The van der Waals surface area contributed by atoms with Gasteiger partial charge in [-0.25, -0.2) is 19.2 Å². The van der Waals surface area contributed by atoms with Crippen molar-refractivity contribution in [1.82, 2.24) is 10.3 Å². The molecule has 0 saturated heterocycles. The zero-order valence-electron chi connectivity index (χ0n) is 21.7. The van der Waals surface area contributed by atoms with Gasteiger partial charge in [-0.2, -0.15) is 26.3 Å². The molecule has 0 aliphatic carbocycles. The second-order valence-electron chi connectivity index (χ2n) is 8.67. The van der Waals surface area contributed by atoms with E-state index in [0.717, 1.165) is 23.4 Å². The second kappa shape index (κ2) is 13.0. The Morgan fingerprint density at radius 1 is 1.20 bits per heavy atom. The maximum atomic E-state index is 14.0. The number of carbonyl (C=O) groups is 1. The quantitative estimate of drug-likeness (QED) is 0.231. The Morgan fingerprint density at radius 3 is 2.38 bits per heavy atom. The number of halogens is 7. The van der Waals surface area contributed by atoms with Crippen LogP contribution in [0.4, 0.5) is 41.3 Å². The average Bonchev–Trinajstić information content (AvgIpc) is 2.82. The van der Waals surface area contributed by atoms with Crippen LogP contribution >= 0.6 is 0 Å². The number of ether oxygens (including phenoxy) is 1. The highest BCUT2D eigenvalue weighted by Gasteiger charge is 2.42. The van der Waals surface area contributed by atoms with E-state index in [-0.39, 0.29) is 36.7 Å². The Morgan fingerprint density at radius 2 is 1.85 bits per heavy atom. The van der Waals surface area contributed by atoms with Crippen molar-refractivity contribution < 1.29 is 45.4 Å². The first-order valence-corrected chi connectivity index (χ1v) is 11.6. The maximum Gasteiger partial charge on any atom is 0.421 e. The number of pyridine rings is 1. The first kappa shape index (κ1) is 32.4. The fourth-order valence-electron chi connectivity index (χ4n) is 3.32. The highest BCUT2D eigenvalue weighted by Crippen LogP contribution is 2.43. The van der Waals surface area contributed by atoms with Crippen LogP contribution in [-0.2, 0) is 12.4 Å². The van der Waals surface area contributed by atoms with Gasteiger partial charge in [0.15, 0.2) is 5.75 Å². The summed E-state index contributed by atoms with van der Waals surface area (Å²) in [6, 6.07) is 1.29. The van der Waals surface area contributed by atoms with Gasteiger partial charge in [-0.05, 0) is 52.1 Å². The molecular formula is C24H27F7N6O3. The number of amides is 1. The summed E-state index contributed by atoms with van der Waals surface area (Å²) in [5.74, 6) is -3.14. The van der Waals surface area contributed by atoms with Crippen molar-refractivity contribution in [2.45, 2.75) is 45.3 Å². The highest BCUT2D eigenvalue weighted by molar-refractivity contribution is 6.05. The molecule has 1 amide bonds. The largest absolute Gasteiger partial charge is 0.421 e. The lowest BCUT2D eigenvalue weighted by atomic mass is 10.0. The van der Waals surface area contributed by atoms with Gasteiger partial charge in [0.2, 0.25) is 0 Å². The normalized spacial score (nSPS) is 13.7. The summed E-state index contributed by atoms with van der Waals surface area (Å²) in [7, 11) is 1.56. The van der Waals surface area contributed by atoms with E-state index >= 15 is 0 Å². The van der Waals surface area contributed by atoms with Crippen molar-refractivity contribution in [3.63, 3.8) is 0 Å². The molecule has 9 nitrogen and oxygen atoms in total. The summed E-state index contributed by atoms with van der Waals surface area (Å²) in [6.07, 6.45) is -12.3. The smallest absolute Gasteiger partial charge is 0.408 e. The van der Waals surface area contributed by atoms with Crippen molar-refractivity contribution in [3.8, 4) is 5.75 Å². The summed E-state index contributed by atoms with van der Waals surface area (Å²) in [5, 5.41) is 12.3. The second-order valence-corrected chi connectivity index (χ2v) is 8.67. The van der Waals surface area contributed by atoms with Gasteiger partial charge in [0, 0.05) is 12.6 Å². The van der Waals surface area contributed by atoms with E-state index in [2.05, 4.69) is 20.3 Å². The third-order valence-corrected chi connectivity index (χ3v) is 5.19. The molecule has 4 N–H and O–H groups in total. The number of carbonyl (C=O) groups excluding carboxylic acids is 1. The number of benzene rings is 1. The molecule has 0 aliphatic heterocycles. The van der Waals surface area contributed by atoms with Gasteiger partial charge in [-0.1, -0.05) is 0 Å². The van der Waals surface area contributed by atoms with Gasteiger partial charge in [0.05, 0.1) is 35.0 Å². The summed E-state index contributed by atoms with van der Waals surface area (Å²) in [6.45, 7) is 4.13. The summed E-state index contributed by atoms with van der Waals surface area (Å²) >= 11 is 0. The van der Waals surface area contributed by atoms with E-state index < -0.39 is 64.7 Å². The minimum atomic E-state index is -5.43. The van der Waals surface area contributed by atoms with Crippen LogP contribution < -0.4 is 20.7 Å². The van der Waals surface area contributed by atoms with E-state index in [1.807, 2.05) is 0 Å². The maximum absolute atomic E-state index is 14.0. The van der Waals surface area contributed by atoms with Crippen LogP contribution in [0.3, 0.4) is 0 Å². The number of amidine groups is 1. The molecular weight excluding hydrogens is 553 g/mol. The number of aliphatic hydroxyl groups is 1. The fourth-order valence-corrected chi connectivity index (χ4v) is 3.32. The molecule has 0 bridgehead atoms. The van der Waals surface area contributed by atoms with Crippen LogP contribution in [0, 0.1) is 12.7 Å². The first-order valence-electron chi connectivity index (χ1n) is 11.6. The average molecular weight is 581 g/mol. The minimum Gasteiger partial charge on any atom is -0.408 e. The lowest BCUT2D eigenvalue weighted by molar-refractivity contribution is -0.143. The molecule has 1 unspecified atom stereocenters. The number of aliphatic imine (C=N–C) groups is 2. The third kappa shape index (κ3) is 8.35. The van der Waals surface area contributed by atoms with E-state index in [9.17, 15) is 40.6 Å². The van der Waals surface area contributed by atoms with Crippen LogP contribution in [0.15, 0.2) is 34.3 Å². The number of hydrogen-bond donors (Lipinski definition) is 3. The number of aromatic nitrogens is 1. The van der Waals surface area contributed by atoms with Crippen molar-refractivity contribution in [2.75, 3.05) is 25.0 Å². The molecule has 0 saturated carbocycles. The minimum absolute atomic E-state index is 0.127. The van der Waals surface area contributed by atoms with E-state index in [4.69, 9.17) is 10.5 Å². The zero-order valence-corrected chi connectivity index (χ0v) is 21.7. The summed E-state index contributed by atoms with van der Waals surface area (Å²) < 4.78 is 101. The monoisotopic (exact) mass is 580 g/mol. The van der Waals surface area contributed by atoms with Crippen molar-refractivity contribution >= 4 is 24.1 Å². The van der Waals surface area contributed by atoms with E-state index in [1.54, 1.807) is 7.05 Å². The van der Waals surface area contributed by atoms with Crippen molar-refractivity contribution in [1.29, 1.82) is 0 Å². The van der Waals surface area contributed by atoms with E-state index in [0.29, 0.717) is 0 Å². The molecule has 0 spiro atoms. The van der Waals surface area contributed by atoms with Crippen molar-refractivity contribution in [2.24, 2.45) is 15.7 Å². The lowest BCUT2D eigenvalue weighted by Gasteiger charge is -2.27. The van der Waals surface area contributed by atoms with Crippen LogP contribution in [-0.4, -0.2) is 60.6 Å². The summed E-state index contributed by atoms with van der Waals surface area (Å²) in [4.78, 5) is 25.1. The Labute approximate surface area is 224 Å². The number of anilines is 1. The van der Waals surface area contributed by atoms with Crippen LogP contribution in [0.5, 0.6) is 5.75 Å². The van der Waals surface area contributed by atoms with Crippen molar-refractivity contribution in [3.05, 3.63) is 52.5 Å². The predicted molar refractivity (Wildman–Crippen MR) is 133 cm³/mol. The molecule has 1 aromatic heterocycles. The molecule has 2 aromatic rings. The van der Waals surface area contributed by atoms with Crippen LogP contribution in [0.25, 0.3) is 0 Å². The zero-order chi connectivity index (χ0) is 30.4. The number of nitrogens with one attached hydrogen (secondary N) is 1. The molecule has 0 fully saturated rings. The SMILES string of the molecule is CNCC(O)CN=CN=C(N)c1cc(C(F)(F)F)cc(C(F)(F)F)c1OC(=O)N(c1ccc(F)c(C)n1)C(C)C.